The lowest BCUT2D eigenvalue weighted by molar-refractivity contribution is 0.719. The zero-order valence-corrected chi connectivity index (χ0v) is 13.6. The van der Waals surface area contributed by atoms with E-state index in [1.165, 1.54) is 5.56 Å². The Kier molecular flexibility index (Phi) is 5.14. The Morgan fingerprint density at radius 2 is 1.39 bits per heavy atom. The first kappa shape index (κ1) is 15.4. The fourth-order valence-corrected chi connectivity index (χ4v) is 7.35. The number of benzene rings is 1. The van der Waals surface area contributed by atoms with Gasteiger partial charge in [-0.25, -0.2) is 3.71 Å². The first-order chi connectivity index (χ1) is 8.33. The summed E-state index contributed by atoms with van der Waals surface area (Å²) in [5.74, 6) is 0. The molecule has 1 nitrogen and oxygen atoms in total. The van der Waals surface area contributed by atoms with Gasteiger partial charge in [0.1, 0.15) is 0 Å². The van der Waals surface area contributed by atoms with Crippen LogP contribution in [-0.4, -0.2) is 28.7 Å². The van der Waals surface area contributed by atoms with Gasteiger partial charge in [0.2, 0.25) is 0 Å². The van der Waals surface area contributed by atoms with Crippen LogP contribution < -0.4 is 0 Å². The van der Waals surface area contributed by atoms with Gasteiger partial charge in [0.15, 0.2) is 0 Å². The molecule has 3 heteroatoms. The third-order valence-corrected chi connectivity index (χ3v) is 9.31. The Bertz CT molecular complexity index is 390. The zero-order valence-electron chi connectivity index (χ0n) is 11.9. The maximum Gasteiger partial charge on any atom is 0.0426 e. The Hall–Kier alpha value is -0.640. The Morgan fingerprint density at radius 1 is 0.944 bits per heavy atom. The average molecular weight is 284 g/mol. The molecule has 102 valence electrons. The van der Waals surface area contributed by atoms with Crippen molar-refractivity contribution in [2.45, 2.75) is 6.54 Å². The van der Waals surface area contributed by atoms with Gasteiger partial charge in [0.05, 0.1) is 0 Å². The largest absolute Gasteiger partial charge is 0.220 e. The molecule has 0 amide bonds. The van der Waals surface area contributed by atoms with Crippen LogP contribution >= 0.6 is 20.4 Å². The van der Waals surface area contributed by atoms with Crippen molar-refractivity contribution in [1.29, 1.82) is 0 Å². The summed E-state index contributed by atoms with van der Waals surface area (Å²) in [7, 11) is -1.93. The fraction of sp³-hybridized carbons (Fsp3) is 0.333. The van der Waals surface area contributed by atoms with E-state index < -0.39 is 20.4 Å². The highest BCUT2D eigenvalue weighted by Gasteiger charge is 2.27. The third-order valence-electron chi connectivity index (χ3n) is 3.02. The Morgan fingerprint density at radius 3 is 1.78 bits per heavy atom. The van der Waals surface area contributed by atoms with Crippen LogP contribution in [0.3, 0.4) is 0 Å². The van der Waals surface area contributed by atoms with Gasteiger partial charge in [0, 0.05) is 6.54 Å². The van der Waals surface area contributed by atoms with Crippen molar-refractivity contribution in [2.75, 3.05) is 25.0 Å². The molecule has 0 saturated carbocycles. The monoisotopic (exact) mass is 283 g/mol. The van der Waals surface area contributed by atoms with E-state index in [4.69, 9.17) is 0 Å². The van der Waals surface area contributed by atoms with Gasteiger partial charge in [-0.05, 0) is 41.4 Å². The molecule has 0 fully saturated rings. The fourth-order valence-electron chi connectivity index (χ4n) is 1.73. The summed E-state index contributed by atoms with van der Waals surface area (Å²) in [5.41, 5.74) is 1.35. The average Bonchev–Trinajstić information content (AvgIpc) is 2.37. The van der Waals surface area contributed by atoms with Crippen LogP contribution in [-0.2, 0) is 6.54 Å². The van der Waals surface area contributed by atoms with E-state index in [0.29, 0.717) is 0 Å². The van der Waals surface area contributed by atoms with Gasteiger partial charge in [-0.1, -0.05) is 43.5 Å². The van der Waals surface area contributed by atoms with E-state index in [-0.39, 0.29) is 0 Å². The summed E-state index contributed by atoms with van der Waals surface area (Å²) in [6.07, 6.45) is 9.17. The molecule has 0 unspecified atom stereocenters. The summed E-state index contributed by atoms with van der Waals surface area (Å²) in [6, 6.07) is 10.6. The van der Waals surface area contributed by atoms with E-state index >= 15 is 0 Å². The van der Waals surface area contributed by atoms with Crippen LogP contribution in [0.5, 0.6) is 0 Å². The van der Waals surface area contributed by atoms with E-state index in [9.17, 15) is 0 Å². The van der Waals surface area contributed by atoms with Crippen molar-refractivity contribution in [1.82, 2.24) is 3.71 Å². The first-order valence-corrected chi connectivity index (χ1v) is 10.8. The van der Waals surface area contributed by atoms with Crippen molar-refractivity contribution in [3.63, 3.8) is 0 Å². The molecule has 0 atom stereocenters. The van der Waals surface area contributed by atoms with Crippen LogP contribution in [0.15, 0.2) is 54.3 Å². The minimum atomic E-state index is -0.965. The maximum atomic E-state index is 4.02. The number of hydrogen-bond acceptors (Lipinski definition) is 1. The molecule has 0 aliphatic heterocycles. The Labute approximate surface area is 115 Å². The van der Waals surface area contributed by atoms with Crippen molar-refractivity contribution < 1.29 is 0 Å². The zero-order chi connectivity index (χ0) is 13.8. The molecule has 0 radical (unpaired) electrons. The topological polar surface area (TPSA) is 3.24 Å². The van der Waals surface area contributed by atoms with E-state index in [1.807, 2.05) is 0 Å². The SMILES string of the molecule is C=CS(C)(C)N(Cc1ccccc1)S(C)(C)C=C. The highest BCUT2D eigenvalue weighted by atomic mass is 32.3. The van der Waals surface area contributed by atoms with Crippen molar-refractivity contribution >= 4 is 20.4 Å². The van der Waals surface area contributed by atoms with Crippen molar-refractivity contribution in [3.8, 4) is 0 Å². The second-order valence-electron chi connectivity index (χ2n) is 5.01. The molecule has 0 aliphatic carbocycles. The molecule has 0 saturated heterocycles. The second-order valence-corrected chi connectivity index (χ2v) is 12.2. The van der Waals surface area contributed by atoms with Crippen molar-refractivity contribution in [3.05, 3.63) is 59.9 Å². The molecule has 0 aromatic heterocycles. The molecule has 1 rings (SSSR count). The molecular weight excluding hydrogens is 258 g/mol. The summed E-state index contributed by atoms with van der Waals surface area (Å²) >= 11 is 0. The molecule has 0 spiro atoms. The van der Waals surface area contributed by atoms with Gasteiger partial charge >= 0.3 is 0 Å². The van der Waals surface area contributed by atoms with E-state index in [2.05, 4.69) is 83.0 Å². The highest BCUT2D eigenvalue weighted by molar-refractivity contribution is 8.46. The van der Waals surface area contributed by atoms with Gasteiger partial charge in [0.25, 0.3) is 0 Å². The lowest BCUT2D eigenvalue weighted by atomic mass is 10.2. The smallest absolute Gasteiger partial charge is 0.0426 e. The number of nitrogens with zero attached hydrogens (tertiary/aromatic N) is 1. The normalized spacial score (nSPS) is 14.3. The maximum absolute atomic E-state index is 4.02. The first-order valence-electron chi connectivity index (χ1n) is 5.87. The minimum absolute atomic E-state index is 0.962. The van der Waals surface area contributed by atoms with Crippen LogP contribution in [0.2, 0.25) is 0 Å². The predicted octanol–water partition coefficient (Wildman–Crippen LogP) is 4.73. The molecule has 1 aromatic rings. The standard InChI is InChI=1S/C15H25NS2/c1-7-17(3,4)16(18(5,6)8-2)14-15-12-10-9-11-13-15/h7-13H,1-2,14H2,3-6H3. The predicted molar refractivity (Wildman–Crippen MR) is 91.3 cm³/mol. The lowest BCUT2D eigenvalue weighted by Crippen LogP contribution is -2.26. The van der Waals surface area contributed by atoms with Gasteiger partial charge in [-0.2, -0.15) is 20.4 Å². The van der Waals surface area contributed by atoms with E-state index in [0.717, 1.165) is 6.54 Å². The lowest BCUT2D eigenvalue weighted by Gasteiger charge is -2.51. The van der Waals surface area contributed by atoms with Gasteiger partial charge < -0.3 is 0 Å². The highest BCUT2D eigenvalue weighted by Crippen LogP contribution is 2.62. The molecule has 18 heavy (non-hydrogen) atoms. The minimum Gasteiger partial charge on any atom is -0.220 e. The van der Waals surface area contributed by atoms with Crippen LogP contribution in [0.4, 0.5) is 0 Å². The molecule has 0 heterocycles. The third kappa shape index (κ3) is 3.67. The molecule has 0 aliphatic rings. The number of hydrogen-bond donors (Lipinski definition) is 0. The summed E-state index contributed by atoms with van der Waals surface area (Å²) in [5, 5.41) is 4.21. The molecular formula is C15H25NS2. The van der Waals surface area contributed by atoms with Crippen LogP contribution in [0.1, 0.15) is 5.56 Å². The van der Waals surface area contributed by atoms with Gasteiger partial charge in [-0.3, -0.25) is 0 Å². The second kappa shape index (κ2) is 6.00. The summed E-state index contributed by atoms with van der Waals surface area (Å²) < 4.78 is 2.58. The van der Waals surface area contributed by atoms with Gasteiger partial charge in [-0.15, -0.1) is 0 Å². The Balaban J connectivity index is 3.07. The van der Waals surface area contributed by atoms with Crippen LogP contribution in [0, 0.1) is 0 Å². The van der Waals surface area contributed by atoms with Crippen molar-refractivity contribution in [2.24, 2.45) is 0 Å². The number of rotatable bonds is 6. The van der Waals surface area contributed by atoms with Crippen LogP contribution in [0.25, 0.3) is 0 Å². The summed E-state index contributed by atoms with van der Waals surface area (Å²) in [4.78, 5) is 0. The quantitative estimate of drug-likeness (QED) is 0.729. The summed E-state index contributed by atoms with van der Waals surface area (Å²) in [6.45, 7) is 9.00. The molecule has 1 aromatic carbocycles. The van der Waals surface area contributed by atoms with E-state index in [1.54, 1.807) is 0 Å². The molecule has 0 N–H and O–H groups in total. The molecule has 0 bridgehead atoms.